The fourth-order valence-electron chi connectivity index (χ4n) is 1.31. The van der Waals surface area contributed by atoms with E-state index in [2.05, 4.69) is 9.24 Å². The maximum Gasteiger partial charge on any atom is -0.0264 e. The van der Waals surface area contributed by atoms with Gasteiger partial charge in [-0.1, -0.05) is 25.7 Å². The molecule has 1 aliphatic carbocycles. The monoisotopic (exact) mass is 130 g/mol. The highest BCUT2D eigenvalue weighted by atomic mass is 31.0. The quantitative estimate of drug-likeness (QED) is 0.349. The zero-order valence-electron chi connectivity index (χ0n) is 5.40. The molecule has 1 atom stereocenters. The van der Waals surface area contributed by atoms with Crippen LogP contribution in [-0.4, -0.2) is 5.66 Å². The molecule has 0 saturated heterocycles. The van der Waals surface area contributed by atoms with E-state index in [1.54, 1.807) is 0 Å². The van der Waals surface area contributed by atoms with Crippen LogP contribution in [0, 0.1) is 0 Å². The third-order valence-electron chi connectivity index (χ3n) is 1.90. The van der Waals surface area contributed by atoms with Crippen molar-refractivity contribution in [3.05, 3.63) is 0 Å². The topological polar surface area (TPSA) is 0 Å². The Morgan fingerprint density at radius 1 is 0.875 bits per heavy atom. The molecule has 1 unspecified atom stereocenters. The lowest BCUT2D eigenvalue weighted by atomic mass is 10.2. The zero-order chi connectivity index (χ0) is 5.82. The Hall–Kier alpha value is 0.430. The predicted octanol–water partition coefficient (Wildman–Crippen LogP) is 2.58. The maximum atomic E-state index is 2.94. The van der Waals surface area contributed by atoms with Gasteiger partial charge in [-0.2, -0.15) is 0 Å². The lowest BCUT2D eigenvalue weighted by Crippen LogP contribution is -1.91. The molecular weight excluding hydrogens is 115 g/mol. The molecular formula is C7H15P. The van der Waals surface area contributed by atoms with Gasteiger partial charge in [0.2, 0.25) is 0 Å². The van der Waals surface area contributed by atoms with Crippen LogP contribution in [0.5, 0.6) is 0 Å². The summed E-state index contributed by atoms with van der Waals surface area (Å²) in [5.74, 6) is 0. The van der Waals surface area contributed by atoms with E-state index in [1.807, 2.05) is 0 Å². The van der Waals surface area contributed by atoms with Crippen LogP contribution in [-0.2, 0) is 0 Å². The van der Waals surface area contributed by atoms with Crippen LogP contribution >= 0.6 is 9.24 Å². The average molecular weight is 130 g/mol. The molecule has 0 amide bonds. The Kier molecular flexibility index (Phi) is 2.83. The summed E-state index contributed by atoms with van der Waals surface area (Å²) >= 11 is 0. The molecule has 0 nitrogen and oxygen atoms in total. The summed E-state index contributed by atoms with van der Waals surface area (Å²) < 4.78 is 0. The lowest BCUT2D eigenvalue weighted by Gasteiger charge is -2.02. The minimum atomic E-state index is 0.942. The fourth-order valence-corrected chi connectivity index (χ4v) is 1.78. The van der Waals surface area contributed by atoms with Gasteiger partial charge in [0, 0.05) is 0 Å². The largest absolute Gasteiger partial charge is 0.134 e. The van der Waals surface area contributed by atoms with E-state index in [9.17, 15) is 0 Å². The average Bonchev–Trinajstić information content (AvgIpc) is 1.94. The molecule has 0 spiro atoms. The summed E-state index contributed by atoms with van der Waals surface area (Å²) in [4.78, 5) is 0. The van der Waals surface area contributed by atoms with E-state index < -0.39 is 0 Å². The molecule has 1 heteroatoms. The van der Waals surface area contributed by atoms with Gasteiger partial charge in [0.05, 0.1) is 0 Å². The molecule has 0 radical (unpaired) electrons. The Morgan fingerprint density at radius 2 is 1.38 bits per heavy atom. The van der Waals surface area contributed by atoms with Crippen molar-refractivity contribution in [2.75, 3.05) is 0 Å². The summed E-state index contributed by atoms with van der Waals surface area (Å²) in [6.45, 7) is 0. The van der Waals surface area contributed by atoms with E-state index in [-0.39, 0.29) is 0 Å². The van der Waals surface area contributed by atoms with Gasteiger partial charge in [-0.15, -0.1) is 9.24 Å². The third kappa shape index (κ3) is 2.13. The molecule has 0 bridgehead atoms. The zero-order valence-corrected chi connectivity index (χ0v) is 6.55. The maximum absolute atomic E-state index is 2.94. The normalized spacial score (nSPS) is 25.1. The second kappa shape index (κ2) is 3.45. The molecule has 0 N–H and O–H groups in total. The van der Waals surface area contributed by atoms with E-state index in [4.69, 9.17) is 0 Å². The van der Waals surface area contributed by atoms with Crippen molar-refractivity contribution < 1.29 is 0 Å². The Labute approximate surface area is 54.3 Å². The summed E-state index contributed by atoms with van der Waals surface area (Å²) in [6.07, 6.45) is 8.79. The van der Waals surface area contributed by atoms with Crippen molar-refractivity contribution in [3.8, 4) is 0 Å². The number of rotatable bonds is 0. The standard InChI is InChI=1S/C7H15P/c8-7-5-3-1-2-4-6-7/h7H,1-6,8H2. The van der Waals surface area contributed by atoms with E-state index >= 15 is 0 Å². The van der Waals surface area contributed by atoms with Crippen LogP contribution in [0.1, 0.15) is 38.5 Å². The van der Waals surface area contributed by atoms with Crippen molar-refractivity contribution in [1.29, 1.82) is 0 Å². The first-order valence-corrected chi connectivity index (χ1v) is 4.32. The van der Waals surface area contributed by atoms with Crippen LogP contribution < -0.4 is 0 Å². The first-order valence-electron chi connectivity index (χ1n) is 3.65. The summed E-state index contributed by atoms with van der Waals surface area (Å²) in [7, 11) is 2.94. The highest BCUT2D eigenvalue weighted by molar-refractivity contribution is 7.17. The number of hydrogen-bond donors (Lipinski definition) is 0. The van der Waals surface area contributed by atoms with Gasteiger partial charge in [-0.05, 0) is 18.5 Å². The molecule has 8 heavy (non-hydrogen) atoms. The van der Waals surface area contributed by atoms with Gasteiger partial charge in [0.15, 0.2) is 0 Å². The van der Waals surface area contributed by atoms with Gasteiger partial charge in [0.1, 0.15) is 0 Å². The van der Waals surface area contributed by atoms with E-state index in [0.717, 1.165) is 5.66 Å². The minimum absolute atomic E-state index is 0.942. The first-order chi connectivity index (χ1) is 3.89. The third-order valence-corrected chi connectivity index (χ3v) is 2.57. The molecule has 1 saturated carbocycles. The van der Waals surface area contributed by atoms with Crippen LogP contribution in [0.25, 0.3) is 0 Å². The smallest absolute Gasteiger partial charge is 0.0264 e. The highest BCUT2D eigenvalue weighted by Gasteiger charge is 2.05. The van der Waals surface area contributed by atoms with Crippen molar-refractivity contribution >= 4 is 9.24 Å². The Balaban J connectivity index is 2.17. The fraction of sp³-hybridized carbons (Fsp3) is 1.00. The lowest BCUT2D eigenvalue weighted by molar-refractivity contribution is 0.702. The van der Waals surface area contributed by atoms with Gasteiger partial charge in [0.25, 0.3) is 0 Å². The Bertz CT molecular complexity index is 53.4. The first kappa shape index (κ1) is 6.55. The second-order valence-corrected chi connectivity index (χ2v) is 3.69. The van der Waals surface area contributed by atoms with Gasteiger partial charge < -0.3 is 0 Å². The van der Waals surface area contributed by atoms with Gasteiger partial charge in [-0.25, -0.2) is 0 Å². The molecule has 1 aliphatic rings. The van der Waals surface area contributed by atoms with E-state index in [0.29, 0.717) is 0 Å². The molecule has 0 aromatic carbocycles. The molecule has 0 aromatic heterocycles. The molecule has 1 fully saturated rings. The second-order valence-electron chi connectivity index (χ2n) is 2.75. The van der Waals surface area contributed by atoms with Crippen molar-refractivity contribution in [3.63, 3.8) is 0 Å². The van der Waals surface area contributed by atoms with Gasteiger partial charge >= 0.3 is 0 Å². The number of hydrogen-bond acceptors (Lipinski definition) is 0. The van der Waals surface area contributed by atoms with Gasteiger partial charge in [-0.3, -0.25) is 0 Å². The van der Waals surface area contributed by atoms with Crippen LogP contribution in [0.3, 0.4) is 0 Å². The van der Waals surface area contributed by atoms with Crippen molar-refractivity contribution in [2.45, 2.75) is 44.2 Å². The molecule has 1 rings (SSSR count). The summed E-state index contributed by atoms with van der Waals surface area (Å²) in [5.41, 5.74) is 0.942. The predicted molar refractivity (Wildman–Crippen MR) is 41.2 cm³/mol. The van der Waals surface area contributed by atoms with Crippen LogP contribution in [0.15, 0.2) is 0 Å². The Morgan fingerprint density at radius 3 is 1.88 bits per heavy atom. The molecule has 0 heterocycles. The molecule has 0 aromatic rings. The SMILES string of the molecule is PC1CCCCCC1. The summed E-state index contributed by atoms with van der Waals surface area (Å²) in [6, 6.07) is 0. The van der Waals surface area contributed by atoms with Crippen LogP contribution in [0.4, 0.5) is 0 Å². The highest BCUT2D eigenvalue weighted by Crippen LogP contribution is 2.22. The van der Waals surface area contributed by atoms with Crippen molar-refractivity contribution in [2.24, 2.45) is 0 Å². The molecule has 0 aliphatic heterocycles. The van der Waals surface area contributed by atoms with Crippen molar-refractivity contribution in [1.82, 2.24) is 0 Å². The van der Waals surface area contributed by atoms with Crippen LogP contribution in [0.2, 0.25) is 0 Å². The minimum Gasteiger partial charge on any atom is -0.134 e. The summed E-state index contributed by atoms with van der Waals surface area (Å²) in [5, 5.41) is 0. The molecule has 48 valence electrons. The van der Waals surface area contributed by atoms with E-state index in [1.165, 1.54) is 38.5 Å².